The first-order valence-corrected chi connectivity index (χ1v) is 9.44. The van der Waals surface area contributed by atoms with Crippen molar-refractivity contribution in [1.29, 1.82) is 0 Å². The molecular weight excluding hydrogens is 332 g/mol. The second kappa shape index (κ2) is 6.07. The molecule has 1 saturated carbocycles. The molecule has 0 aromatic carbocycles. The summed E-state index contributed by atoms with van der Waals surface area (Å²) in [6.45, 7) is 5.38. The van der Waals surface area contributed by atoms with E-state index in [9.17, 15) is 0 Å². The van der Waals surface area contributed by atoms with Crippen molar-refractivity contribution in [3.63, 3.8) is 0 Å². The summed E-state index contributed by atoms with van der Waals surface area (Å²) in [6.07, 6.45) is 8.62. The standard InChI is InChI=1S/C16H25BrN2S/c1-12-13(17)10-15(20-12)14(11-18)19-8-6-16(7-9-19)4-2-3-5-16/h10,14H,2-9,11,18H2,1H3. The maximum atomic E-state index is 6.09. The van der Waals surface area contributed by atoms with Crippen molar-refractivity contribution in [2.24, 2.45) is 11.1 Å². The van der Waals surface area contributed by atoms with Crippen LogP contribution in [0.2, 0.25) is 0 Å². The van der Waals surface area contributed by atoms with Crippen molar-refractivity contribution in [3.8, 4) is 0 Å². The predicted octanol–water partition coefficient (Wildman–Crippen LogP) is 4.48. The summed E-state index contributed by atoms with van der Waals surface area (Å²) in [4.78, 5) is 5.42. The van der Waals surface area contributed by atoms with Crippen LogP contribution in [0.1, 0.15) is 54.3 Å². The molecule has 2 N–H and O–H groups in total. The van der Waals surface area contributed by atoms with Crippen molar-refractivity contribution in [2.45, 2.75) is 51.5 Å². The Morgan fingerprint density at radius 3 is 2.45 bits per heavy atom. The van der Waals surface area contributed by atoms with Crippen molar-refractivity contribution in [2.75, 3.05) is 19.6 Å². The van der Waals surface area contributed by atoms with Gasteiger partial charge in [0, 0.05) is 20.8 Å². The van der Waals surface area contributed by atoms with Crippen LogP contribution in [0, 0.1) is 12.3 Å². The lowest BCUT2D eigenvalue weighted by Gasteiger charge is -2.42. The molecule has 112 valence electrons. The number of hydrogen-bond acceptors (Lipinski definition) is 3. The fraction of sp³-hybridized carbons (Fsp3) is 0.750. The third-order valence-corrected chi connectivity index (χ3v) is 7.63. The van der Waals surface area contributed by atoms with Gasteiger partial charge in [0.2, 0.25) is 0 Å². The van der Waals surface area contributed by atoms with Crippen LogP contribution in [-0.4, -0.2) is 24.5 Å². The molecule has 1 unspecified atom stereocenters. The number of hydrogen-bond donors (Lipinski definition) is 1. The summed E-state index contributed by atoms with van der Waals surface area (Å²) >= 11 is 5.53. The quantitative estimate of drug-likeness (QED) is 0.865. The minimum atomic E-state index is 0.420. The van der Waals surface area contributed by atoms with Gasteiger partial charge in [-0.2, -0.15) is 0 Å². The maximum Gasteiger partial charge on any atom is 0.0564 e. The number of nitrogens with two attached hydrogens (primary N) is 1. The molecule has 4 heteroatoms. The third kappa shape index (κ3) is 2.85. The van der Waals surface area contributed by atoms with Crippen LogP contribution >= 0.6 is 27.3 Å². The molecule has 20 heavy (non-hydrogen) atoms. The molecule has 1 atom stereocenters. The molecule has 1 aromatic rings. The Morgan fingerprint density at radius 1 is 1.30 bits per heavy atom. The topological polar surface area (TPSA) is 29.3 Å². The van der Waals surface area contributed by atoms with Crippen LogP contribution in [0.3, 0.4) is 0 Å². The van der Waals surface area contributed by atoms with Gasteiger partial charge < -0.3 is 5.73 Å². The Balaban J connectivity index is 1.68. The highest BCUT2D eigenvalue weighted by Gasteiger charge is 2.38. The summed E-state index contributed by atoms with van der Waals surface area (Å²) in [5, 5.41) is 0. The first kappa shape index (κ1) is 15.0. The second-order valence-corrected chi connectivity index (χ2v) is 8.69. The molecule has 2 aliphatic rings. The van der Waals surface area contributed by atoms with Crippen LogP contribution < -0.4 is 5.73 Å². The Labute approximate surface area is 134 Å². The minimum absolute atomic E-state index is 0.420. The van der Waals surface area contributed by atoms with E-state index >= 15 is 0 Å². The lowest BCUT2D eigenvalue weighted by molar-refractivity contribution is 0.0791. The monoisotopic (exact) mass is 356 g/mol. The van der Waals surface area contributed by atoms with Gasteiger partial charge in [0.25, 0.3) is 0 Å². The summed E-state index contributed by atoms with van der Waals surface area (Å²) < 4.78 is 1.24. The van der Waals surface area contributed by atoms with E-state index in [1.165, 1.54) is 65.8 Å². The normalized spacial score (nSPS) is 24.4. The SMILES string of the molecule is Cc1sc(C(CN)N2CCC3(CCCC3)CC2)cc1Br. The largest absolute Gasteiger partial charge is 0.329 e. The van der Waals surface area contributed by atoms with E-state index in [0.29, 0.717) is 11.5 Å². The van der Waals surface area contributed by atoms with Gasteiger partial charge in [-0.05, 0) is 73.1 Å². The molecule has 0 radical (unpaired) electrons. The average Bonchev–Trinajstić information content (AvgIpc) is 3.02. The van der Waals surface area contributed by atoms with Gasteiger partial charge in [0.1, 0.15) is 0 Å². The van der Waals surface area contributed by atoms with E-state index in [2.05, 4.69) is 33.8 Å². The first-order valence-electron chi connectivity index (χ1n) is 7.83. The van der Waals surface area contributed by atoms with E-state index in [4.69, 9.17) is 5.73 Å². The third-order valence-electron chi connectivity index (χ3n) is 5.39. The molecule has 1 spiro atoms. The van der Waals surface area contributed by atoms with E-state index in [1.807, 2.05) is 11.3 Å². The van der Waals surface area contributed by atoms with Crippen molar-refractivity contribution in [1.82, 2.24) is 4.90 Å². The Morgan fingerprint density at radius 2 is 1.95 bits per heavy atom. The van der Waals surface area contributed by atoms with Crippen LogP contribution in [0.15, 0.2) is 10.5 Å². The lowest BCUT2D eigenvalue weighted by Crippen LogP contribution is -2.42. The summed E-state index contributed by atoms with van der Waals surface area (Å²) in [5.74, 6) is 0. The Bertz CT molecular complexity index is 436. The minimum Gasteiger partial charge on any atom is -0.329 e. The van der Waals surface area contributed by atoms with Gasteiger partial charge >= 0.3 is 0 Å². The van der Waals surface area contributed by atoms with Gasteiger partial charge in [-0.1, -0.05) is 12.8 Å². The zero-order valence-electron chi connectivity index (χ0n) is 12.3. The van der Waals surface area contributed by atoms with Gasteiger partial charge in [0.15, 0.2) is 0 Å². The first-order chi connectivity index (χ1) is 9.63. The number of aryl methyl sites for hydroxylation is 1. The Kier molecular flexibility index (Phi) is 4.56. The van der Waals surface area contributed by atoms with Crippen LogP contribution in [-0.2, 0) is 0 Å². The van der Waals surface area contributed by atoms with Crippen LogP contribution in [0.25, 0.3) is 0 Å². The zero-order valence-corrected chi connectivity index (χ0v) is 14.7. The fourth-order valence-corrected chi connectivity index (χ4v) is 5.73. The number of nitrogens with zero attached hydrogens (tertiary/aromatic N) is 1. The second-order valence-electron chi connectivity index (χ2n) is 6.55. The summed E-state index contributed by atoms with van der Waals surface area (Å²) in [6, 6.07) is 2.70. The zero-order chi connectivity index (χ0) is 14.2. The summed E-state index contributed by atoms with van der Waals surface area (Å²) in [5.41, 5.74) is 6.79. The molecule has 1 aromatic heterocycles. The highest BCUT2D eigenvalue weighted by molar-refractivity contribution is 9.10. The number of piperidine rings is 1. The van der Waals surface area contributed by atoms with Crippen molar-refractivity contribution < 1.29 is 0 Å². The van der Waals surface area contributed by atoms with Crippen molar-refractivity contribution >= 4 is 27.3 Å². The molecule has 1 aliphatic carbocycles. The number of thiophene rings is 1. The number of rotatable bonds is 3. The molecule has 0 amide bonds. The Hall–Kier alpha value is 0.100. The smallest absolute Gasteiger partial charge is 0.0564 e. The van der Waals surface area contributed by atoms with Gasteiger partial charge in [-0.3, -0.25) is 4.90 Å². The van der Waals surface area contributed by atoms with E-state index in [0.717, 1.165) is 6.54 Å². The van der Waals surface area contributed by atoms with E-state index in [1.54, 1.807) is 0 Å². The average molecular weight is 357 g/mol. The van der Waals surface area contributed by atoms with Gasteiger partial charge in [-0.25, -0.2) is 0 Å². The number of halogens is 1. The van der Waals surface area contributed by atoms with E-state index in [-0.39, 0.29) is 0 Å². The van der Waals surface area contributed by atoms with Gasteiger partial charge in [-0.15, -0.1) is 11.3 Å². The molecule has 2 nitrogen and oxygen atoms in total. The molecule has 3 rings (SSSR count). The highest BCUT2D eigenvalue weighted by atomic mass is 79.9. The lowest BCUT2D eigenvalue weighted by atomic mass is 9.77. The van der Waals surface area contributed by atoms with E-state index < -0.39 is 0 Å². The molecule has 0 bridgehead atoms. The molecule has 1 saturated heterocycles. The molecular formula is C16H25BrN2S. The highest BCUT2D eigenvalue weighted by Crippen LogP contribution is 2.47. The predicted molar refractivity (Wildman–Crippen MR) is 90.3 cm³/mol. The van der Waals surface area contributed by atoms with Crippen LogP contribution in [0.4, 0.5) is 0 Å². The molecule has 2 fully saturated rings. The van der Waals surface area contributed by atoms with Crippen molar-refractivity contribution in [3.05, 3.63) is 20.3 Å². The molecule has 1 aliphatic heterocycles. The van der Waals surface area contributed by atoms with Gasteiger partial charge in [0.05, 0.1) is 6.04 Å². The molecule has 2 heterocycles. The summed E-state index contributed by atoms with van der Waals surface area (Å²) in [7, 11) is 0. The van der Waals surface area contributed by atoms with Crippen LogP contribution in [0.5, 0.6) is 0 Å². The maximum absolute atomic E-state index is 6.09. The fourth-order valence-electron chi connectivity index (χ4n) is 4.03. The number of likely N-dealkylation sites (tertiary alicyclic amines) is 1.